The van der Waals surface area contributed by atoms with Gasteiger partial charge in [0, 0.05) is 18.6 Å². The topological polar surface area (TPSA) is 104 Å². The molecule has 3 atom stereocenters. The number of primary amides is 1. The minimum Gasteiger partial charge on any atom is -0.396 e. The van der Waals surface area contributed by atoms with E-state index >= 15 is 0 Å². The molecule has 0 saturated heterocycles. The number of hydrogen-bond acceptors (Lipinski definition) is 4. The fourth-order valence-electron chi connectivity index (χ4n) is 2.40. The van der Waals surface area contributed by atoms with Gasteiger partial charge in [0.05, 0.1) is 0 Å². The predicted molar refractivity (Wildman–Crippen MR) is 75.9 cm³/mol. The van der Waals surface area contributed by atoms with Gasteiger partial charge in [-0.2, -0.15) is 11.8 Å². The second-order valence-electron chi connectivity index (χ2n) is 4.83. The lowest BCUT2D eigenvalue weighted by atomic mass is 10.0. The highest BCUT2D eigenvalue weighted by Crippen LogP contribution is 2.25. The Kier molecular flexibility index (Phi) is 7.01. The fourth-order valence-corrected chi connectivity index (χ4v) is 2.88. The van der Waals surface area contributed by atoms with E-state index in [-0.39, 0.29) is 24.5 Å². The van der Waals surface area contributed by atoms with Crippen molar-refractivity contribution in [1.82, 2.24) is 10.6 Å². The molecule has 3 amide bonds. The van der Waals surface area contributed by atoms with E-state index in [2.05, 4.69) is 10.6 Å². The summed E-state index contributed by atoms with van der Waals surface area (Å²) >= 11 is 1.61. The number of thioether (sulfide) groups is 1. The van der Waals surface area contributed by atoms with Gasteiger partial charge in [-0.15, -0.1) is 0 Å². The van der Waals surface area contributed by atoms with Crippen LogP contribution in [0.2, 0.25) is 0 Å². The number of carbonyl (C=O) groups excluding carboxylic acids is 2. The van der Waals surface area contributed by atoms with E-state index in [1.165, 1.54) is 0 Å². The average molecular weight is 289 g/mol. The molecule has 0 aliphatic heterocycles. The lowest BCUT2D eigenvalue weighted by Crippen LogP contribution is -2.52. The summed E-state index contributed by atoms with van der Waals surface area (Å²) in [5.74, 6) is 0.684. The number of aliphatic hydroxyl groups is 1. The summed E-state index contributed by atoms with van der Waals surface area (Å²) in [4.78, 5) is 23.0. The third-order valence-corrected chi connectivity index (χ3v) is 4.11. The van der Waals surface area contributed by atoms with Crippen molar-refractivity contribution in [3.05, 3.63) is 0 Å². The van der Waals surface area contributed by atoms with Crippen LogP contribution in [-0.4, -0.2) is 47.7 Å². The maximum atomic E-state index is 12.1. The zero-order valence-corrected chi connectivity index (χ0v) is 12.0. The van der Waals surface area contributed by atoms with Gasteiger partial charge in [0.1, 0.15) is 6.04 Å². The summed E-state index contributed by atoms with van der Waals surface area (Å²) in [6, 6.07) is -1.28. The molecule has 0 radical (unpaired) electrons. The van der Waals surface area contributed by atoms with E-state index in [1.807, 2.05) is 6.26 Å². The number of urea groups is 1. The maximum Gasteiger partial charge on any atom is 0.312 e. The van der Waals surface area contributed by atoms with Crippen molar-refractivity contribution < 1.29 is 14.7 Å². The van der Waals surface area contributed by atoms with Gasteiger partial charge >= 0.3 is 6.03 Å². The first-order valence-corrected chi connectivity index (χ1v) is 7.94. The first-order chi connectivity index (χ1) is 9.08. The van der Waals surface area contributed by atoms with E-state index in [1.54, 1.807) is 11.8 Å². The molecule has 1 saturated carbocycles. The highest BCUT2D eigenvalue weighted by Gasteiger charge is 2.30. The van der Waals surface area contributed by atoms with Crippen LogP contribution in [0.15, 0.2) is 0 Å². The molecular weight excluding hydrogens is 266 g/mol. The quantitative estimate of drug-likeness (QED) is 0.531. The van der Waals surface area contributed by atoms with Crippen LogP contribution < -0.4 is 16.4 Å². The second-order valence-corrected chi connectivity index (χ2v) is 5.82. The third kappa shape index (κ3) is 5.28. The molecule has 5 N–H and O–H groups in total. The lowest BCUT2D eigenvalue weighted by Gasteiger charge is -2.23. The minimum atomic E-state index is -0.689. The number of nitrogens with one attached hydrogen (secondary N) is 2. The molecule has 0 bridgehead atoms. The van der Waals surface area contributed by atoms with E-state index in [4.69, 9.17) is 5.73 Å². The van der Waals surface area contributed by atoms with Crippen molar-refractivity contribution in [2.24, 2.45) is 11.7 Å². The molecule has 1 aliphatic carbocycles. The summed E-state index contributed by atoms with van der Waals surface area (Å²) in [6.45, 7) is 0.0870. The molecule has 19 heavy (non-hydrogen) atoms. The van der Waals surface area contributed by atoms with Crippen LogP contribution in [0.4, 0.5) is 4.79 Å². The van der Waals surface area contributed by atoms with Crippen LogP contribution in [0, 0.1) is 5.92 Å². The molecular formula is C12H23N3O3S. The van der Waals surface area contributed by atoms with Crippen molar-refractivity contribution in [1.29, 1.82) is 0 Å². The van der Waals surface area contributed by atoms with Gasteiger partial charge in [0.25, 0.3) is 0 Å². The first kappa shape index (κ1) is 16.1. The molecule has 7 heteroatoms. The largest absolute Gasteiger partial charge is 0.396 e. The molecule has 110 valence electrons. The van der Waals surface area contributed by atoms with Crippen LogP contribution in [-0.2, 0) is 4.79 Å². The Morgan fingerprint density at radius 2 is 2.21 bits per heavy atom. The van der Waals surface area contributed by atoms with Crippen molar-refractivity contribution in [2.75, 3.05) is 18.6 Å². The zero-order valence-electron chi connectivity index (χ0n) is 11.2. The Labute approximate surface area is 117 Å². The monoisotopic (exact) mass is 289 g/mol. The number of carbonyl (C=O) groups is 2. The van der Waals surface area contributed by atoms with Crippen molar-refractivity contribution in [3.8, 4) is 0 Å². The normalized spacial score (nSPS) is 23.9. The number of aliphatic hydroxyl groups excluding tert-OH is 1. The summed E-state index contributed by atoms with van der Waals surface area (Å²) in [7, 11) is 0. The van der Waals surface area contributed by atoms with Gasteiger partial charge in [-0.3, -0.25) is 4.79 Å². The molecule has 1 fully saturated rings. The van der Waals surface area contributed by atoms with E-state index < -0.39 is 12.1 Å². The average Bonchev–Trinajstić information content (AvgIpc) is 2.81. The van der Waals surface area contributed by atoms with Crippen LogP contribution in [0.25, 0.3) is 0 Å². The van der Waals surface area contributed by atoms with Crippen LogP contribution in [0.1, 0.15) is 25.7 Å². The van der Waals surface area contributed by atoms with Crippen molar-refractivity contribution >= 4 is 23.7 Å². The number of amides is 3. The summed E-state index contributed by atoms with van der Waals surface area (Å²) in [6.07, 6.45) is 5.31. The Hall–Kier alpha value is -0.950. The lowest BCUT2D eigenvalue weighted by molar-refractivity contribution is -0.124. The molecule has 6 nitrogen and oxygen atoms in total. The van der Waals surface area contributed by atoms with Crippen molar-refractivity contribution in [3.63, 3.8) is 0 Å². The smallest absolute Gasteiger partial charge is 0.312 e. The Bertz CT molecular complexity index is 315. The highest BCUT2D eigenvalue weighted by molar-refractivity contribution is 7.98. The van der Waals surface area contributed by atoms with Crippen molar-refractivity contribution in [2.45, 2.75) is 37.8 Å². The fraction of sp³-hybridized carbons (Fsp3) is 0.833. The van der Waals surface area contributed by atoms with E-state index in [0.717, 1.165) is 25.0 Å². The van der Waals surface area contributed by atoms with Gasteiger partial charge in [-0.25, -0.2) is 4.79 Å². The van der Waals surface area contributed by atoms with Gasteiger partial charge in [-0.1, -0.05) is 6.42 Å². The van der Waals surface area contributed by atoms with Crippen LogP contribution in [0.5, 0.6) is 0 Å². The van der Waals surface area contributed by atoms with E-state index in [9.17, 15) is 14.7 Å². The first-order valence-electron chi connectivity index (χ1n) is 6.54. The highest BCUT2D eigenvalue weighted by atomic mass is 32.2. The Morgan fingerprint density at radius 1 is 1.47 bits per heavy atom. The summed E-state index contributed by atoms with van der Waals surface area (Å²) in [5.41, 5.74) is 5.09. The van der Waals surface area contributed by atoms with E-state index in [0.29, 0.717) is 6.42 Å². The van der Waals surface area contributed by atoms with Crippen LogP contribution >= 0.6 is 11.8 Å². The molecule has 1 rings (SSSR count). The van der Waals surface area contributed by atoms with Crippen LogP contribution in [0.3, 0.4) is 0 Å². The number of hydrogen-bond donors (Lipinski definition) is 4. The van der Waals surface area contributed by atoms with Gasteiger partial charge in [-0.05, 0) is 31.3 Å². The SMILES string of the molecule is CSCCC(NC(N)=O)C(=O)NC1CCCC1CO. The third-order valence-electron chi connectivity index (χ3n) is 3.46. The molecule has 0 aromatic heterocycles. The van der Waals surface area contributed by atoms with Gasteiger partial charge in [0.15, 0.2) is 0 Å². The Morgan fingerprint density at radius 3 is 2.79 bits per heavy atom. The standard InChI is InChI=1S/C12H23N3O3S/c1-19-6-5-10(15-12(13)18)11(17)14-9-4-2-3-8(9)7-16/h8-10,16H,2-7H2,1H3,(H,14,17)(H3,13,15,18). The Balaban J connectivity index is 2.52. The summed E-state index contributed by atoms with van der Waals surface area (Å²) < 4.78 is 0. The molecule has 0 aromatic rings. The number of nitrogens with two attached hydrogens (primary N) is 1. The minimum absolute atomic E-state index is 0.00366. The summed E-state index contributed by atoms with van der Waals surface area (Å²) in [5, 5.41) is 14.6. The van der Waals surface area contributed by atoms with Gasteiger partial charge in [0.2, 0.25) is 5.91 Å². The molecule has 0 spiro atoms. The molecule has 3 unspecified atom stereocenters. The molecule has 0 aromatic carbocycles. The zero-order chi connectivity index (χ0) is 14.3. The number of rotatable bonds is 7. The second kappa shape index (κ2) is 8.27. The molecule has 1 aliphatic rings. The predicted octanol–water partition coefficient (Wildman–Crippen LogP) is 0.0536. The maximum absolute atomic E-state index is 12.1. The van der Waals surface area contributed by atoms with Gasteiger partial charge < -0.3 is 21.5 Å². The molecule has 0 heterocycles.